The number of carbonyl (C=O) groups is 2. The van der Waals surface area contributed by atoms with Gasteiger partial charge in [-0.15, -0.1) is 0 Å². The first-order valence-electron chi connectivity index (χ1n) is 10.2. The Balaban J connectivity index is 1.54. The Morgan fingerprint density at radius 2 is 1.80 bits per heavy atom. The van der Waals surface area contributed by atoms with E-state index in [0.29, 0.717) is 41.5 Å². The van der Waals surface area contributed by atoms with E-state index in [9.17, 15) is 9.59 Å². The molecule has 0 aromatic heterocycles. The zero-order valence-corrected chi connectivity index (χ0v) is 22.9. The molecule has 35 heavy (non-hydrogen) atoms. The molecule has 3 aromatic rings. The molecule has 0 spiro atoms. The van der Waals surface area contributed by atoms with Gasteiger partial charge in [-0.3, -0.25) is 14.5 Å². The molecule has 10 heteroatoms. The third-order valence-electron chi connectivity index (χ3n) is 5.04. The highest BCUT2D eigenvalue weighted by molar-refractivity contribution is 9.10. The molecule has 4 rings (SSSR count). The van der Waals surface area contributed by atoms with Crippen LogP contribution in [-0.4, -0.2) is 23.2 Å². The molecule has 2 amide bonds. The van der Waals surface area contributed by atoms with E-state index in [1.807, 2.05) is 6.07 Å². The largest absolute Gasteiger partial charge is 0.493 e. The second-order valence-electron chi connectivity index (χ2n) is 7.46. The Morgan fingerprint density at radius 1 is 1.03 bits per heavy atom. The molecule has 0 aliphatic carbocycles. The summed E-state index contributed by atoms with van der Waals surface area (Å²) in [6.07, 6.45) is 1.65. The molecule has 180 valence electrons. The normalized spacial score (nSPS) is 14.7. The van der Waals surface area contributed by atoms with Gasteiger partial charge in [-0.2, -0.15) is 0 Å². The highest BCUT2D eigenvalue weighted by Gasteiger charge is 2.35. The van der Waals surface area contributed by atoms with E-state index in [1.165, 1.54) is 12.0 Å². The van der Waals surface area contributed by atoms with Crippen molar-refractivity contribution < 1.29 is 19.1 Å². The highest BCUT2D eigenvalue weighted by Crippen LogP contribution is 2.40. The molecule has 0 unspecified atom stereocenters. The van der Waals surface area contributed by atoms with E-state index in [1.54, 1.807) is 54.6 Å². The average molecular weight is 614 g/mol. The van der Waals surface area contributed by atoms with Crippen LogP contribution in [0.25, 0.3) is 6.08 Å². The molecule has 1 aliphatic rings. The van der Waals surface area contributed by atoms with Gasteiger partial charge in [0.15, 0.2) is 11.5 Å². The maximum absolute atomic E-state index is 12.9. The highest BCUT2D eigenvalue weighted by atomic mass is 79.9. The Kier molecular flexibility index (Phi) is 8.34. The van der Waals surface area contributed by atoms with Crippen LogP contribution >= 0.6 is 62.5 Å². The van der Waals surface area contributed by atoms with Crippen molar-refractivity contribution in [2.24, 2.45) is 0 Å². The molecule has 1 saturated heterocycles. The summed E-state index contributed by atoms with van der Waals surface area (Å²) in [4.78, 5) is 26.9. The first-order valence-corrected chi connectivity index (χ1v) is 12.9. The third-order valence-corrected chi connectivity index (χ3v) is 7.36. The number of imide groups is 1. The lowest BCUT2D eigenvalue weighted by molar-refractivity contribution is -0.123. The van der Waals surface area contributed by atoms with Gasteiger partial charge in [-0.1, -0.05) is 53.0 Å². The van der Waals surface area contributed by atoms with Crippen molar-refractivity contribution in [3.05, 3.63) is 95.7 Å². The van der Waals surface area contributed by atoms with E-state index in [0.717, 1.165) is 22.9 Å². The molecule has 0 saturated carbocycles. The van der Waals surface area contributed by atoms with Crippen molar-refractivity contribution >= 4 is 79.7 Å². The molecule has 1 aliphatic heterocycles. The van der Waals surface area contributed by atoms with Crippen molar-refractivity contribution in [1.82, 2.24) is 4.90 Å². The van der Waals surface area contributed by atoms with Crippen LogP contribution in [0.2, 0.25) is 15.1 Å². The minimum atomic E-state index is -0.368. The lowest BCUT2D eigenvalue weighted by atomic mass is 10.1. The van der Waals surface area contributed by atoms with Crippen LogP contribution in [0.4, 0.5) is 4.79 Å². The third kappa shape index (κ3) is 6.16. The van der Waals surface area contributed by atoms with Crippen LogP contribution in [0.1, 0.15) is 16.7 Å². The second kappa shape index (κ2) is 11.3. The summed E-state index contributed by atoms with van der Waals surface area (Å²) in [6, 6.07) is 15.8. The first kappa shape index (κ1) is 25.9. The van der Waals surface area contributed by atoms with Crippen LogP contribution in [-0.2, 0) is 17.9 Å². The van der Waals surface area contributed by atoms with Gasteiger partial charge in [0.1, 0.15) is 6.61 Å². The number of carbonyl (C=O) groups excluding carboxylic acids is 2. The predicted molar refractivity (Wildman–Crippen MR) is 144 cm³/mol. The zero-order valence-electron chi connectivity index (χ0n) is 18.2. The van der Waals surface area contributed by atoms with Crippen molar-refractivity contribution in [1.29, 1.82) is 0 Å². The number of hydrogen-bond acceptors (Lipinski definition) is 5. The number of nitrogens with zero attached hydrogens (tertiary/aromatic N) is 1. The van der Waals surface area contributed by atoms with Gasteiger partial charge < -0.3 is 9.47 Å². The van der Waals surface area contributed by atoms with E-state index >= 15 is 0 Å². The summed E-state index contributed by atoms with van der Waals surface area (Å²) < 4.78 is 12.1. The Morgan fingerprint density at radius 3 is 2.51 bits per heavy atom. The van der Waals surface area contributed by atoms with Crippen LogP contribution in [0.15, 0.2) is 64.0 Å². The molecular formula is C25H17BrCl3NO4S. The molecule has 0 atom stereocenters. The lowest BCUT2D eigenvalue weighted by Gasteiger charge is -2.14. The van der Waals surface area contributed by atoms with Crippen molar-refractivity contribution in [2.75, 3.05) is 7.11 Å². The standard InChI is InChI=1S/C25H17BrCl3NO4S/c1-33-21-9-15(8-19(26)23(21)34-13-16-5-6-18(28)11-20(16)29)10-22-24(31)30(25(32)35-22)12-14-3-2-4-17(27)7-14/h2-11H,12-13H2,1H3/b22-10-. The van der Waals surface area contributed by atoms with Crippen LogP contribution in [0.5, 0.6) is 11.5 Å². The van der Waals surface area contributed by atoms with Gasteiger partial charge in [0, 0.05) is 20.6 Å². The number of ether oxygens (including phenoxy) is 2. The molecule has 5 nitrogen and oxygen atoms in total. The summed E-state index contributed by atoms with van der Waals surface area (Å²) in [7, 11) is 1.52. The SMILES string of the molecule is COc1cc(/C=C2\SC(=O)N(Cc3cccc(Cl)c3)C2=O)cc(Br)c1OCc1ccc(Cl)cc1Cl. The minimum Gasteiger partial charge on any atom is -0.493 e. The lowest BCUT2D eigenvalue weighted by Crippen LogP contribution is -2.27. The van der Waals surface area contributed by atoms with Gasteiger partial charge in [-0.05, 0) is 81.3 Å². The van der Waals surface area contributed by atoms with E-state index in [4.69, 9.17) is 44.3 Å². The minimum absolute atomic E-state index is 0.148. The fourth-order valence-electron chi connectivity index (χ4n) is 3.36. The number of hydrogen-bond donors (Lipinski definition) is 0. The Hall–Kier alpha value is -2.16. The Labute approximate surface area is 230 Å². The topological polar surface area (TPSA) is 55.8 Å². The number of halogens is 4. The molecule has 1 fully saturated rings. The number of methoxy groups -OCH3 is 1. The van der Waals surface area contributed by atoms with E-state index in [-0.39, 0.29) is 24.3 Å². The van der Waals surface area contributed by atoms with Crippen LogP contribution in [0, 0.1) is 0 Å². The van der Waals surface area contributed by atoms with Gasteiger partial charge in [0.2, 0.25) is 0 Å². The number of benzene rings is 3. The molecule has 1 heterocycles. The summed E-state index contributed by atoms with van der Waals surface area (Å²) in [5, 5.41) is 1.24. The maximum Gasteiger partial charge on any atom is 0.293 e. The zero-order chi connectivity index (χ0) is 25.1. The summed E-state index contributed by atoms with van der Waals surface area (Å²) in [6.45, 7) is 0.350. The maximum atomic E-state index is 12.9. The van der Waals surface area contributed by atoms with Crippen molar-refractivity contribution in [3.8, 4) is 11.5 Å². The second-order valence-corrected chi connectivity index (χ2v) is 10.6. The van der Waals surface area contributed by atoms with Crippen LogP contribution in [0.3, 0.4) is 0 Å². The van der Waals surface area contributed by atoms with Crippen molar-refractivity contribution in [3.63, 3.8) is 0 Å². The fourth-order valence-corrected chi connectivity index (χ4v) is 5.45. The molecular weight excluding hydrogens is 597 g/mol. The Bertz CT molecular complexity index is 1350. The van der Waals surface area contributed by atoms with Gasteiger partial charge in [-0.25, -0.2) is 0 Å². The molecule has 0 radical (unpaired) electrons. The van der Waals surface area contributed by atoms with E-state index < -0.39 is 0 Å². The first-order chi connectivity index (χ1) is 16.7. The summed E-state index contributed by atoms with van der Waals surface area (Å²) in [5.41, 5.74) is 2.20. The molecule has 3 aromatic carbocycles. The quantitative estimate of drug-likeness (QED) is 0.251. The van der Waals surface area contributed by atoms with Crippen molar-refractivity contribution in [2.45, 2.75) is 13.2 Å². The van der Waals surface area contributed by atoms with Gasteiger partial charge >= 0.3 is 0 Å². The average Bonchev–Trinajstić information content (AvgIpc) is 3.06. The molecule has 0 N–H and O–H groups in total. The molecule has 0 bridgehead atoms. The van der Waals surface area contributed by atoms with E-state index in [2.05, 4.69) is 15.9 Å². The van der Waals surface area contributed by atoms with Crippen LogP contribution < -0.4 is 9.47 Å². The number of rotatable bonds is 7. The van der Waals surface area contributed by atoms with Gasteiger partial charge in [0.25, 0.3) is 11.1 Å². The number of thioether (sulfide) groups is 1. The summed E-state index contributed by atoms with van der Waals surface area (Å²) in [5.74, 6) is 0.561. The monoisotopic (exact) mass is 611 g/mol. The predicted octanol–water partition coefficient (Wildman–Crippen LogP) is 8.23. The van der Waals surface area contributed by atoms with Gasteiger partial charge in [0.05, 0.1) is 23.0 Å². The smallest absolute Gasteiger partial charge is 0.293 e. The summed E-state index contributed by atoms with van der Waals surface area (Å²) >= 11 is 22.6. The fraction of sp³-hybridized carbons (Fsp3) is 0.120. The number of amides is 2.